The molecule has 144 valence electrons. The smallest absolute Gasteiger partial charge is 0.177 e. The van der Waals surface area contributed by atoms with E-state index >= 15 is 0 Å². The number of carbonyl (C=O) groups excluding carboxylic acids is 2. The van der Waals surface area contributed by atoms with E-state index in [0.717, 1.165) is 0 Å². The zero-order valence-corrected chi connectivity index (χ0v) is 16.2. The van der Waals surface area contributed by atoms with E-state index in [1.54, 1.807) is 48.5 Å². The van der Waals surface area contributed by atoms with Gasteiger partial charge in [-0.1, -0.05) is 24.3 Å². The number of carbonyl (C=O) groups is 2. The Hall–Kier alpha value is -2.08. The van der Waals surface area contributed by atoms with Crippen molar-refractivity contribution in [1.29, 1.82) is 0 Å². The number of rotatable bonds is 12. The Morgan fingerprint density at radius 2 is 1.15 bits per heavy atom. The number of Topliss-reactive ketones (excluding diaryl/α,β-unsaturated/α-hetero) is 2. The van der Waals surface area contributed by atoms with Crippen LogP contribution in [0.3, 0.4) is 0 Å². The molecular formula is C20H20Cl2O5. The van der Waals surface area contributed by atoms with Crippen LogP contribution in [0, 0.1) is 0 Å². The lowest BCUT2D eigenvalue weighted by Crippen LogP contribution is -2.12. The van der Waals surface area contributed by atoms with Crippen molar-refractivity contribution in [2.75, 3.05) is 38.2 Å². The zero-order chi connectivity index (χ0) is 19.5. The summed E-state index contributed by atoms with van der Waals surface area (Å²) < 4.78 is 16.5. The molecule has 2 rings (SSSR count). The first kappa shape index (κ1) is 21.2. The summed E-state index contributed by atoms with van der Waals surface area (Å²) in [6.07, 6.45) is 0. The Morgan fingerprint density at radius 3 is 1.56 bits per heavy atom. The minimum absolute atomic E-state index is 0.0600. The van der Waals surface area contributed by atoms with Crippen molar-refractivity contribution in [2.45, 2.75) is 0 Å². The average Bonchev–Trinajstić information content (AvgIpc) is 2.72. The van der Waals surface area contributed by atoms with Gasteiger partial charge in [0.1, 0.15) is 24.7 Å². The van der Waals surface area contributed by atoms with E-state index in [1.165, 1.54) is 0 Å². The molecule has 0 spiro atoms. The van der Waals surface area contributed by atoms with Crippen LogP contribution in [0.25, 0.3) is 0 Å². The number of ether oxygens (including phenoxy) is 3. The summed E-state index contributed by atoms with van der Waals surface area (Å²) in [5.41, 5.74) is 1.04. The lowest BCUT2D eigenvalue weighted by molar-refractivity contribution is 0.0763. The lowest BCUT2D eigenvalue weighted by atomic mass is 10.1. The van der Waals surface area contributed by atoms with E-state index < -0.39 is 0 Å². The first-order valence-corrected chi connectivity index (χ1v) is 9.42. The topological polar surface area (TPSA) is 61.8 Å². The number of ketones is 2. The van der Waals surface area contributed by atoms with Gasteiger partial charge in [-0.15, -0.1) is 23.2 Å². The van der Waals surface area contributed by atoms with Gasteiger partial charge in [0.25, 0.3) is 0 Å². The van der Waals surface area contributed by atoms with Crippen LogP contribution in [-0.4, -0.2) is 49.8 Å². The van der Waals surface area contributed by atoms with Crippen LogP contribution >= 0.6 is 23.2 Å². The number of alkyl halides is 2. The lowest BCUT2D eigenvalue weighted by Gasteiger charge is -2.09. The van der Waals surface area contributed by atoms with E-state index in [9.17, 15) is 9.59 Å². The van der Waals surface area contributed by atoms with Gasteiger partial charge in [0.05, 0.1) is 25.0 Å². The molecule has 2 aromatic carbocycles. The molecule has 0 unspecified atom stereocenters. The minimum atomic E-state index is -0.146. The van der Waals surface area contributed by atoms with Crippen LogP contribution in [0.1, 0.15) is 20.7 Å². The predicted octanol–water partition coefficient (Wildman–Crippen LogP) is 4.00. The molecule has 0 atom stereocenters. The second-order valence-electron chi connectivity index (χ2n) is 5.48. The third-order valence-corrected chi connectivity index (χ3v) is 4.03. The maximum atomic E-state index is 11.6. The Balaban J connectivity index is 1.64. The van der Waals surface area contributed by atoms with E-state index in [-0.39, 0.29) is 23.3 Å². The number of hydrogen-bond donors (Lipinski definition) is 0. The molecule has 5 nitrogen and oxygen atoms in total. The molecule has 0 aliphatic carbocycles. The molecule has 0 aliphatic rings. The monoisotopic (exact) mass is 410 g/mol. The molecule has 0 bridgehead atoms. The van der Waals surface area contributed by atoms with Crippen molar-refractivity contribution < 1.29 is 23.8 Å². The van der Waals surface area contributed by atoms with Crippen LogP contribution in [0.2, 0.25) is 0 Å². The van der Waals surface area contributed by atoms with Gasteiger partial charge in [0.2, 0.25) is 0 Å². The van der Waals surface area contributed by atoms with Crippen LogP contribution < -0.4 is 9.47 Å². The normalized spacial score (nSPS) is 10.4. The van der Waals surface area contributed by atoms with Gasteiger partial charge in [-0.05, 0) is 24.3 Å². The third kappa shape index (κ3) is 7.21. The second kappa shape index (κ2) is 11.6. The van der Waals surface area contributed by atoms with Gasteiger partial charge in [0.15, 0.2) is 11.6 Å². The van der Waals surface area contributed by atoms with Crippen LogP contribution in [0.15, 0.2) is 48.5 Å². The fraction of sp³-hybridized carbons (Fsp3) is 0.300. The summed E-state index contributed by atoms with van der Waals surface area (Å²) in [7, 11) is 0. The minimum Gasteiger partial charge on any atom is -0.491 e. The number of benzene rings is 2. The van der Waals surface area contributed by atoms with Gasteiger partial charge in [-0.2, -0.15) is 0 Å². The van der Waals surface area contributed by atoms with Gasteiger partial charge < -0.3 is 14.2 Å². The molecule has 0 aliphatic heterocycles. The summed E-state index contributed by atoms with van der Waals surface area (Å²) in [6, 6.07) is 13.7. The molecule has 0 amide bonds. The molecule has 0 saturated heterocycles. The Kier molecular flexibility index (Phi) is 9.11. The molecule has 0 saturated carbocycles. The molecule has 27 heavy (non-hydrogen) atoms. The van der Waals surface area contributed by atoms with Gasteiger partial charge >= 0.3 is 0 Å². The highest BCUT2D eigenvalue weighted by molar-refractivity contribution is 6.30. The first-order valence-electron chi connectivity index (χ1n) is 8.36. The Bertz CT molecular complexity index is 700. The summed E-state index contributed by atoms with van der Waals surface area (Å²) >= 11 is 11.1. The second-order valence-corrected chi connectivity index (χ2v) is 6.01. The predicted molar refractivity (Wildman–Crippen MR) is 105 cm³/mol. The van der Waals surface area contributed by atoms with Gasteiger partial charge in [0, 0.05) is 11.1 Å². The maximum absolute atomic E-state index is 11.6. The standard InChI is InChI=1S/C20H20Cl2O5/c21-13-19(23)15-3-1-5-17(11-15)26-9-7-25-8-10-27-18-6-2-4-16(12-18)20(24)14-22/h1-6,11-12H,7-10,13-14H2. The maximum Gasteiger partial charge on any atom is 0.177 e. The fourth-order valence-electron chi connectivity index (χ4n) is 2.21. The summed E-state index contributed by atoms with van der Waals surface area (Å²) in [4.78, 5) is 23.1. The van der Waals surface area contributed by atoms with Gasteiger partial charge in [-0.3, -0.25) is 9.59 Å². The number of halogens is 2. The van der Waals surface area contributed by atoms with E-state index in [0.29, 0.717) is 49.1 Å². The van der Waals surface area contributed by atoms with Crippen molar-refractivity contribution in [3.05, 3.63) is 59.7 Å². The summed E-state index contributed by atoms with van der Waals surface area (Å²) in [5.74, 6) is 0.767. The zero-order valence-electron chi connectivity index (χ0n) is 14.7. The molecular weight excluding hydrogens is 391 g/mol. The Labute approximate surface area is 168 Å². The van der Waals surface area contributed by atoms with E-state index in [1.807, 2.05) is 0 Å². The quantitative estimate of drug-likeness (QED) is 0.300. The van der Waals surface area contributed by atoms with E-state index in [4.69, 9.17) is 37.4 Å². The highest BCUT2D eigenvalue weighted by Crippen LogP contribution is 2.15. The Morgan fingerprint density at radius 1 is 0.704 bits per heavy atom. The molecule has 0 heterocycles. The summed E-state index contributed by atoms with van der Waals surface area (Å²) in [6.45, 7) is 1.44. The summed E-state index contributed by atoms with van der Waals surface area (Å²) in [5, 5.41) is 0. The SMILES string of the molecule is O=C(CCl)c1cccc(OCCOCCOc2cccc(C(=O)CCl)c2)c1. The molecule has 0 N–H and O–H groups in total. The fourth-order valence-corrected chi connectivity index (χ4v) is 2.52. The average molecular weight is 411 g/mol. The molecule has 7 heteroatoms. The van der Waals surface area contributed by atoms with Crippen LogP contribution in [0.4, 0.5) is 0 Å². The molecule has 0 radical (unpaired) electrons. The highest BCUT2D eigenvalue weighted by atomic mass is 35.5. The van der Waals surface area contributed by atoms with Crippen molar-refractivity contribution >= 4 is 34.8 Å². The van der Waals surface area contributed by atoms with Crippen molar-refractivity contribution in [2.24, 2.45) is 0 Å². The third-order valence-electron chi connectivity index (χ3n) is 3.55. The highest BCUT2D eigenvalue weighted by Gasteiger charge is 2.06. The van der Waals surface area contributed by atoms with E-state index in [2.05, 4.69) is 0 Å². The molecule has 0 aromatic heterocycles. The van der Waals surface area contributed by atoms with Crippen molar-refractivity contribution in [3.63, 3.8) is 0 Å². The van der Waals surface area contributed by atoms with Crippen LogP contribution in [-0.2, 0) is 4.74 Å². The van der Waals surface area contributed by atoms with Crippen molar-refractivity contribution in [1.82, 2.24) is 0 Å². The largest absolute Gasteiger partial charge is 0.491 e. The van der Waals surface area contributed by atoms with Crippen LogP contribution in [0.5, 0.6) is 11.5 Å². The van der Waals surface area contributed by atoms with Gasteiger partial charge in [-0.25, -0.2) is 0 Å². The van der Waals surface area contributed by atoms with Crippen molar-refractivity contribution in [3.8, 4) is 11.5 Å². The molecule has 0 fully saturated rings. The number of hydrogen-bond acceptors (Lipinski definition) is 5. The first-order chi connectivity index (χ1) is 13.1. The molecule has 2 aromatic rings.